The Morgan fingerprint density at radius 2 is 1.43 bits per heavy atom. The van der Waals surface area contributed by atoms with Gasteiger partial charge in [0.25, 0.3) is 0 Å². The molecule has 9 heteroatoms. The normalized spacial score (nSPS) is 13.2. The molecule has 0 saturated heterocycles. The number of aldehydes is 1. The number of carbonyl (C=O) groups excluding carboxylic acids is 4. The summed E-state index contributed by atoms with van der Waals surface area (Å²) < 4.78 is 5.87. The molecule has 0 aromatic rings. The Morgan fingerprint density at radius 1 is 0.800 bits per heavy atom. The lowest BCUT2D eigenvalue weighted by Crippen LogP contribution is -2.44. The Morgan fingerprint density at radius 3 is 1.98 bits per heavy atom. The number of carbonyl (C=O) groups is 4. The van der Waals surface area contributed by atoms with Crippen LogP contribution in [-0.2, 0) is 23.9 Å². The number of hydrogen-bond donors (Lipinski definition) is 4. The second-order valence-electron chi connectivity index (χ2n) is 12.8. The van der Waals surface area contributed by atoms with Gasteiger partial charge in [0.2, 0.25) is 17.7 Å². The van der Waals surface area contributed by atoms with E-state index in [1.54, 1.807) is 0 Å². The first-order chi connectivity index (χ1) is 18.6. The molecular formula is C31H61N3O6. The van der Waals surface area contributed by atoms with Crippen LogP contribution in [0.1, 0.15) is 114 Å². The molecule has 2 atom stereocenters. The summed E-state index contributed by atoms with van der Waals surface area (Å²) in [5.74, 6) is 0.778. The van der Waals surface area contributed by atoms with Gasteiger partial charge in [-0.25, -0.2) is 0 Å². The predicted molar refractivity (Wildman–Crippen MR) is 162 cm³/mol. The molecule has 4 N–H and O–H groups in total. The maximum Gasteiger partial charge on any atom is 0.226 e. The average Bonchev–Trinajstić information content (AvgIpc) is 2.86. The van der Waals surface area contributed by atoms with Crippen molar-refractivity contribution in [3.05, 3.63) is 0 Å². The van der Waals surface area contributed by atoms with Crippen molar-refractivity contribution >= 4 is 24.0 Å². The standard InChI is InChI=1S/C30H57N3O5.CH4O/c1-22(2)12-10-11-17-32-27(36)29(6,7)16-19-38-24(5)15-18-31-26(35)14-13-25(21-34)33-28(37)30(8,9)20-23(3)4;1-2/h21-25H,10-20H2,1-9H3,(H,31,35)(H,32,36)(H,33,37);2H,1H3. The molecular weight excluding hydrogens is 510 g/mol. The van der Waals surface area contributed by atoms with Crippen molar-refractivity contribution in [3.63, 3.8) is 0 Å². The number of unbranched alkanes of at least 4 members (excludes halogenated alkanes) is 1. The van der Waals surface area contributed by atoms with Gasteiger partial charge in [-0.05, 0) is 50.9 Å². The number of hydrogen-bond acceptors (Lipinski definition) is 6. The highest BCUT2D eigenvalue weighted by molar-refractivity contribution is 5.85. The van der Waals surface area contributed by atoms with Crippen molar-refractivity contribution in [2.45, 2.75) is 126 Å². The summed E-state index contributed by atoms with van der Waals surface area (Å²) >= 11 is 0. The molecule has 0 aliphatic rings. The summed E-state index contributed by atoms with van der Waals surface area (Å²) in [5.41, 5.74) is -1.07. The monoisotopic (exact) mass is 571 g/mol. The molecule has 0 spiro atoms. The molecule has 0 radical (unpaired) electrons. The molecule has 0 aromatic heterocycles. The molecule has 0 bridgehead atoms. The summed E-state index contributed by atoms with van der Waals surface area (Å²) in [4.78, 5) is 48.7. The predicted octanol–water partition coefficient (Wildman–Crippen LogP) is 4.40. The number of ether oxygens (including phenoxy) is 1. The minimum Gasteiger partial charge on any atom is -0.400 e. The minimum atomic E-state index is -0.678. The molecule has 0 rings (SSSR count). The van der Waals surface area contributed by atoms with E-state index in [9.17, 15) is 19.2 Å². The van der Waals surface area contributed by atoms with Crippen molar-refractivity contribution in [2.24, 2.45) is 22.7 Å². The van der Waals surface area contributed by atoms with Crippen LogP contribution in [-0.4, -0.2) is 68.1 Å². The van der Waals surface area contributed by atoms with Crippen molar-refractivity contribution in [1.82, 2.24) is 16.0 Å². The van der Waals surface area contributed by atoms with Crippen LogP contribution in [0.2, 0.25) is 0 Å². The first-order valence-corrected chi connectivity index (χ1v) is 15.0. The lowest BCUT2D eigenvalue weighted by atomic mass is 9.83. The average molecular weight is 572 g/mol. The van der Waals surface area contributed by atoms with Gasteiger partial charge in [0.15, 0.2) is 0 Å². The van der Waals surface area contributed by atoms with Crippen molar-refractivity contribution in [1.29, 1.82) is 0 Å². The third-order valence-electron chi connectivity index (χ3n) is 6.81. The SMILES string of the molecule is CC(C)CCCCNC(=O)C(C)(C)CCOC(C)CCNC(=O)CCC(C=O)NC(=O)C(C)(C)CC(C)C.CO. The summed E-state index contributed by atoms with van der Waals surface area (Å²) in [6.07, 6.45) is 6.34. The zero-order chi connectivity index (χ0) is 31.4. The van der Waals surface area contributed by atoms with Gasteiger partial charge in [-0.3, -0.25) is 14.4 Å². The third-order valence-corrected chi connectivity index (χ3v) is 6.81. The molecule has 0 fully saturated rings. The summed E-state index contributed by atoms with van der Waals surface area (Å²) in [6, 6.07) is -0.678. The highest BCUT2D eigenvalue weighted by Crippen LogP contribution is 2.25. The van der Waals surface area contributed by atoms with E-state index in [2.05, 4.69) is 43.6 Å². The molecule has 0 heterocycles. The number of rotatable bonds is 21. The lowest BCUT2D eigenvalue weighted by Gasteiger charge is -2.27. The zero-order valence-corrected chi connectivity index (χ0v) is 27.2. The first-order valence-electron chi connectivity index (χ1n) is 15.0. The van der Waals surface area contributed by atoms with E-state index >= 15 is 0 Å². The lowest BCUT2D eigenvalue weighted by molar-refractivity contribution is -0.132. The van der Waals surface area contributed by atoms with E-state index in [1.165, 1.54) is 6.42 Å². The fourth-order valence-corrected chi connectivity index (χ4v) is 4.27. The van der Waals surface area contributed by atoms with Crippen LogP contribution in [0.5, 0.6) is 0 Å². The van der Waals surface area contributed by atoms with Crippen LogP contribution in [0.15, 0.2) is 0 Å². The molecule has 40 heavy (non-hydrogen) atoms. The fourth-order valence-electron chi connectivity index (χ4n) is 4.27. The molecule has 9 nitrogen and oxygen atoms in total. The summed E-state index contributed by atoms with van der Waals surface area (Å²) in [5, 5.41) is 15.7. The van der Waals surface area contributed by atoms with E-state index < -0.39 is 16.9 Å². The van der Waals surface area contributed by atoms with Crippen LogP contribution in [0.25, 0.3) is 0 Å². The summed E-state index contributed by atoms with van der Waals surface area (Å²) in [7, 11) is 1.00. The molecule has 0 saturated carbocycles. The smallest absolute Gasteiger partial charge is 0.226 e. The van der Waals surface area contributed by atoms with Gasteiger partial charge in [0.05, 0.1) is 12.1 Å². The van der Waals surface area contributed by atoms with Crippen molar-refractivity contribution < 1.29 is 29.0 Å². The van der Waals surface area contributed by atoms with Gasteiger partial charge in [-0.2, -0.15) is 0 Å². The van der Waals surface area contributed by atoms with Crippen molar-refractivity contribution in [2.75, 3.05) is 26.8 Å². The Kier molecular flexibility index (Phi) is 21.8. The summed E-state index contributed by atoms with van der Waals surface area (Å²) in [6.45, 7) is 19.7. The number of amides is 3. The number of aliphatic hydroxyl groups is 1. The second-order valence-corrected chi connectivity index (χ2v) is 12.8. The van der Waals surface area contributed by atoms with Gasteiger partial charge in [-0.1, -0.05) is 68.2 Å². The van der Waals surface area contributed by atoms with E-state index in [0.29, 0.717) is 57.1 Å². The van der Waals surface area contributed by atoms with Gasteiger partial charge in [0.1, 0.15) is 6.29 Å². The highest BCUT2D eigenvalue weighted by Gasteiger charge is 2.30. The minimum absolute atomic E-state index is 0.0545. The molecule has 0 aliphatic heterocycles. The maximum absolute atomic E-state index is 12.5. The van der Waals surface area contributed by atoms with Crippen LogP contribution >= 0.6 is 0 Å². The Labute approximate surface area is 244 Å². The van der Waals surface area contributed by atoms with Gasteiger partial charge in [0, 0.05) is 44.1 Å². The van der Waals surface area contributed by atoms with Crippen molar-refractivity contribution in [3.8, 4) is 0 Å². The van der Waals surface area contributed by atoms with Crippen LogP contribution < -0.4 is 16.0 Å². The van der Waals surface area contributed by atoms with E-state index in [1.807, 2.05) is 34.6 Å². The van der Waals surface area contributed by atoms with Crippen LogP contribution in [0, 0.1) is 22.7 Å². The maximum atomic E-state index is 12.5. The number of aliphatic hydroxyl groups excluding tert-OH is 1. The van der Waals surface area contributed by atoms with Crippen LogP contribution in [0.4, 0.5) is 0 Å². The molecule has 0 aromatic carbocycles. The molecule has 3 amide bonds. The fraction of sp³-hybridized carbons (Fsp3) is 0.871. The van der Waals surface area contributed by atoms with E-state index in [-0.39, 0.29) is 36.7 Å². The van der Waals surface area contributed by atoms with Gasteiger partial charge < -0.3 is 30.6 Å². The zero-order valence-electron chi connectivity index (χ0n) is 27.2. The topological polar surface area (TPSA) is 134 Å². The third kappa shape index (κ3) is 20.0. The number of nitrogens with one attached hydrogen (secondary N) is 3. The highest BCUT2D eigenvalue weighted by atomic mass is 16.5. The molecule has 236 valence electrons. The quantitative estimate of drug-likeness (QED) is 0.119. The van der Waals surface area contributed by atoms with Crippen LogP contribution in [0.3, 0.4) is 0 Å². The molecule has 2 unspecified atom stereocenters. The Balaban J connectivity index is 0. The van der Waals surface area contributed by atoms with E-state index in [0.717, 1.165) is 20.0 Å². The van der Waals surface area contributed by atoms with Gasteiger partial charge >= 0.3 is 0 Å². The Hall–Kier alpha value is -2.00. The molecule has 0 aliphatic carbocycles. The second kappa shape index (κ2) is 21.7. The van der Waals surface area contributed by atoms with Gasteiger partial charge in [-0.15, -0.1) is 0 Å². The first kappa shape index (κ1) is 40.1. The van der Waals surface area contributed by atoms with E-state index in [4.69, 9.17) is 9.84 Å². The largest absolute Gasteiger partial charge is 0.400 e. The Bertz CT molecular complexity index is 722.